The number of hydrogen-bond acceptors (Lipinski definition) is 4. The molecule has 4 aromatic carbocycles. The van der Waals surface area contributed by atoms with E-state index in [4.69, 9.17) is 9.47 Å². The molecule has 1 aliphatic heterocycles. The first-order valence-corrected chi connectivity index (χ1v) is 14.5. The number of hydrogen-bond donors (Lipinski definition) is 1. The number of fused-ring (bicyclic) bond motifs is 1. The van der Waals surface area contributed by atoms with E-state index in [0.29, 0.717) is 30.8 Å². The van der Waals surface area contributed by atoms with Crippen LogP contribution in [-0.4, -0.2) is 48.2 Å². The van der Waals surface area contributed by atoms with Gasteiger partial charge >= 0.3 is 12.3 Å². The predicted molar refractivity (Wildman–Crippen MR) is 163 cm³/mol. The molecule has 230 valence electrons. The molecular formula is C35H35F3N2O4. The van der Waals surface area contributed by atoms with Crippen LogP contribution in [0, 0.1) is 5.92 Å². The minimum absolute atomic E-state index is 0.0195. The average molecular weight is 605 g/mol. The number of amides is 2. The smallest absolute Gasteiger partial charge is 0.416 e. The van der Waals surface area contributed by atoms with Crippen molar-refractivity contribution in [3.63, 3.8) is 0 Å². The number of ether oxygens (including phenoxy) is 2. The summed E-state index contributed by atoms with van der Waals surface area (Å²) in [5.41, 5.74) is 1.57. The van der Waals surface area contributed by atoms with Crippen LogP contribution in [0.1, 0.15) is 42.3 Å². The van der Waals surface area contributed by atoms with Crippen LogP contribution in [0.3, 0.4) is 0 Å². The Bertz CT molecular complexity index is 1610. The molecule has 2 amide bonds. The van der Waals surface area contributed by atoms with E-state index in [9.17, 15) is 22.8 Å². The summed E-state index contributed by atoms with van der Waals surface area (Å²) in [6, 6.07) is 25.3. The van der Waals surface area contributed by atoms with Crippen molar-refractivity contribution in [1.82, 2.24) is 10.2 Å². The van der Waals surface area contributed by atoms with Crippen molar-refractivity contribution in [2.45, 2.75) is 45.2 Å². The second-order valence-corrected chi connectivity index (χ2v) is 12.0. The molecule has 1 saturated heterocycles. The number of nitrogens with zero attached hydrogens (tertiary/aromatic N) is 1. The van der Waals surface area contributed by atoms with E-state index in [1.165, 1.54) is 12.1 Å². The first-order chi connectivity index (χ1) is 20.9. The molecule has 4 aromatic rings. The summed E-state index contributed by atoms with van der Waals surface area (Å²) in [4.78, 5) is 27.6. The van der Waals surface area contributed by atoms with E-state index in [1.807, 2.05) is 75.4 Å². The summed E-state index contributed by atoms with van der Waals surface area (Å²) in [5.74, 6) is -0.301. The lowest BCUT2D eigenvalue weighted by Crippen LogP contribution is -2.60. The molecule has 5 rings (SSSR count). The van der Waals surface area contributed by atoms with E-state index in [2.05, 4.69) is 5.32 Å². The topological polar surface area (TPSA) is 67.9 Å². The molecule has 0 spiro atoms. The molecule has 6 nitrogen and oxygen atoms in total. The summed E-state index contributed by atoms with van der Waals surface area (Å²) < 4.78 is 50.6. The van der Waals surface area contributed by atoms with Crippen LogP contribution in [0.25, 0.3) is 21.9 Å². The van der Waals surface area contributed by atoms with Crippen molar-refractivity contribution >= 4 is 22.8 Å². The zero-order chi connectivity index (χ0) is 31.5. The third kappa shape index (κ3) is 7.58. The molecule has 9 heteroatoms. The largest absolute Gasteiger partial charge is 0.444 e. The lowest BCUT2D eigenvalue weighted by atomic mass is 9.91. The maximum Gasteiger partial charge on any atom is 0.416 e. The van der Waals surface area contributed by atoms with Crippen molar-refractivity contribution in [2.24, 2.45) is 5.92 Å². The molecule has 0 unspecified atom stereocenters. The van der Waals surface area contributed by atoms with Crippen LogP contribution in [0.2, 0.25) is 0 Å². The lowest BCUT2D eigenvalue weighted by molar-refractivity contribution is -0.137. The predicted octanol–water partition coefficient (Wildman–Crippen LogP) is 7.71. The first-order valence-electron chi connectivity index (χ1n) is 14.5. The Morgan fingerprint density at radius 3 is 2.27 bits per heavy atom. The Labute approximate surface area is 254 Å². The van der Waals surface area contributed by atoms with Crippen LogP contribution in [0.15, 0.2) is 91.0 Å². The Hall–Kier alpha value is -4.37. The highest BCUT2D eigenvalue weighted by molar-refractivity contribution is 6.02. The van der Waals surface area contributed by atoms with Gasteiger partial charge in [-0.15, -0.1) is 0 Å². The van der Waals surface area contributed by atoms with Gasteiger partial charge in [-0.05, 0) is 72.5 Å². The van der Waals surface area contributed by atoms with Gasteiger partial charge in [-0.3, -0.25) is 4.79 Å². The van der Waals surface area contributed by atoms with Gasteiger partial charge in [0.2, 0.25) is 0 Å². The fourth-order valence-corrected chi connectivity index (χ4v) is 5.18. The lowest BCUT2D eigenvalue weighted by Gasteiger charge is -2.43. The van der Waals surface area contributed by atoms with Gasteiger partial charge in [-0.25, -0.2) is 4.79 Å². The van der Waals surface area contributed by atoms with E-state index in [1.54, 1.807) is 17.0 Å². The van der Waals surface area contributed by atoms with Crippen LogP contribution < -0.4 is 5.32 Å². The van der Waals surface area contributed by atoms with Crippen molar-refractivity contribution < 1.29 is 32.2 Å². The fraction of sp³-hybridized carbons (Fsp3) is 0.314. The second-order valence-electron chi connectivity index (χ2n) is 12.0. The number of nitrogens with one attached hydrogen (secondary N) is 1. The van der Waals surface area contributed by atoms with Crippen LogP contribution in [0.4, 0.5) is 18.0 Å². The summed E-state index contributed by atoms with van der Waals surface area (Å²) in [5, 5.41) is 4.71. The molecule has 0 bridgehead atoms. The third-order valence-electron chi connectivity index (χ3n) is 7.52. The van der Waals surface area contributed by atoms with Crippen molar-refractivity contribution in [1.29, 1.82) is 0 Å². The molecule has 1 atom stereocenters. The van der Waals surface area contributed by atoms with Crippen LogP contribution in [0.5, 0.6) is 0 Å². The molecule has 44 heavy (non-hydrogen) atoms. The summed E-state index contributed by atoms with van der Waals surface area (Å²) >= 11 is 0. The van der Waals surface area contributed by atoms with Gasteiger partial charge in [0.15, 0.2) is 0 Å². The maximum atomic E-state index is 13.5. The molecule has 0 aliphatic carbocycles. The molecule has 0 radical (unpaired) electrons. The maximum absolute atomic E-state index is 13.5. The highest BCUT2D eigenvalue weighted by atomic mass is 19.4. The number of halogens is 3. The number of alkyl halides is 3. The van der Waals surface area contributed by atoms with E-state index < -0.39 is 17.3 Å². The average Bonchev–Trinajstić information content (AvgIpc) is 2.95. The number of carbonyl (C=O) groups excluding carboxylic acids is 2. The van der Waals surface area contributed by atoms with Crippen molar-refractivity contribution in [3.05, 3.63) is 108 Å². The molecule has 1 N–H and O–H groups in total. The third-order valence-corrected chi connectivity index (χ3v) is 7.52. The molecule has 1 aliphatic rings. The number of benzene rings is 4. The van der Waals surface area contributed by atoms with Gasteiger partial charge in [0.25, 0.3) is 5.91 Å². The summed E-state index contributed by atoms with van der Waals surface area (Å²) in [6.45, 7) is 6.97. The SMILES string of the molecule is CC(C)(C)OC(=O)N1CC([C@H](COCc2ccccc2)NC(=O)c2ccc3c(-c4ccc(C(F)(F)F)cc4)cccc3c2)C1. The number of likely N-dealkylation sites (tertiary alicyclic amines) is 1. The molecular weight excluding hydrogens is 569 g/mol. The molecule has 0 aromatic heterocycles. The van der Waals surface area contributed by atoms with Gasteiger partial charge in [0.1, 0.15) is 5.60 Å². The Morgan fingerprint density at radius 2 is 1.61 bits per heavy atom. The highest BCUT2D eigenvalue weighted by Gasteiger charge is 2.39. The van der Waals surface area contributed by atoms with Gasteiger partial charge in [-0.1, -0.05) is 66.7 Å². The zero-order valence-electron chi connectivity index (χ0n) is 24.9. The van der Waals surface area contributed by atoms with Crippen molar-refractivity contribution in [3.8, 4) is 11.1 Å². The monoisotopic (exact) mass is 604 g/mol. The van der Waals surface area contributed by atoms with E-state index in [0.717, 1.165) is 34.0 Å². The Kier molecular flexibility index (Phi) is 8.97. The first kappa shape index (κ1) is 31.1. The minimum Gasteiger partial charge on any atom is -0.444 e. The second kappa shape index (κ2) is 12.7. The molecule has 1 heterocycles. The summed E-state index contributed by atoms with van der Waals surface area (Å²) in [6.07, 6.45) is -4.79. The Balaban J connectivity index is 1.30. The molecule has 1 fully saturated rings. The van der Waals surface area contributed by atoms with Gasteiger partial charge in [0.05, 0.1) is 24.8 Å². The Morgan fingerprint density at radius 1 is 0.909 bits per heavy atom. The van der Waals surface area contributed by atoms with Crippen LogP contribution in [-0.2, 0) is 22.3 Å². The zero-order valence-corrected chi connectivity index (χ0v) is 24.9. The standard InChI is InChI=1S/C35H35F3N2O4/c1-34(2,3)44-33(42)40-19-27(20-40)31(22-43-21-23-8-5-4-6-9-23)39-32(41)26-14-17-30-25(18-26)10-7-11-29(30)24-12-15-28(16-13-24)35(36,37)38/h4-18,27,31H,19-22H2,1-3H3,(H,39,41)/t31-/m0/s1. The number of rotatable bonds is 8. The molecule has 0 saturated carbocycles. The fourth-order valence-electron chi connectivity index (χ4n) is 5.18. The summed E-state index contributed by atoms with van der Waals surface area (Å²) in [7, 11) is 0. The van der Waals surface area contributed by atoms with Gasteiger partial charge < -0.3 is 19.7 Å². The minimum atomic E-state index is -4.41. The number of carbonyl (C=O) groups is 2. The quantitative estimate of drug-likeness (QED) is 0.224. The van der Waals surface area contributed by atoms with Gasteiger partial charge in [-0.2, -0.15) is 13.2 Å². The van der Waals surface area contributed by atoms with Gasteiger partial charge in [0, 0.05) is 24.6 Å². The van der Waals surface area contributed by atoms with E-state index in [-0.39, 0.29) is 30.6 Å². The van der Waals surface area contributed by atoms with E-state index >= 15 is 0 Å². The normalized spacial score (nSPS) is 14.6. The van der Waals surface area contributed by atoms with Crippen molar-refractivity contribution in [2.75, 3.05) is 19.7 Å². The highest BCUT2D eigenvalue weighted by Crippen LogP contribution is 2.34. The van der Waals surface area contributed by atoms with Crippen LogP contribution >= 0.6 is 0 Å².